The van der Waals surface area contributed by atoms with Crippen molar-refractivity contribution in [2.75, 3.05) is 18.0 Å². The molecule has 0 bridgehead atoms. The van der Waals surface area contributed by atoms with E-state index in [1.54, 1.807) is 42.5 Å². The minimum atomic E-state index is -4.53. The molecular weight excluding hydrogens is 451 g/mol. The molecule has 1 heterocycles. The Bertz CT molecular complexity index is 1110. The van der Waals surface area contributed by atoms with Gasteiger partial charge in [-0.15, -0.1) is 0 Å². The molecule has 4 rings (SSSR count). The van der Waals surface area contributed by atoms with Crippen molar-refractivity contribution < 1.29 is 32.3 Å². The lowest BCUT2D eigenvalue weighted by atomic mass is 9.69. The van der Waals surface area contributed by atoms with Crippen molar-refractivity contribution in [2.24, 2.45) is 5.73 Å². The average molecular weight is 475 g/mol. The van der Waals surface area contributed by atoms with Gasteiger partial charge in [0.1, 0.15) is 18.8 Å². The van der Waals surface area contributed by atoms with E-state index in [9.17, 15) is 27.6 Å². The fourth-order valence-electron chi connectivity index (χ4n) is 4.75. The Morgan fingerprint density at radius 3 is 2.50 bits per heavy atom. The van der Waals surface area contributed by atoms with E-state index >= 15 is 0 Å². The second kappa shape index (κ2) is 9.00. The van der Waals surface area contributed by atoms with Crippen LogP contribution in [0.4, 0.5) is 18.9 Å². The zero-order valence-electron chi connectivity index (χ0n) is 18.2. The number of amides is 3. The molecule has 180 valence electrons. The van der Waals surface area contributed by atoms with Crippen molar-refractivity contribution in [1.29, 1.82) is 0 Å². The van der Waals surface area contributed by atoms with Gasteiger partial charge in [-0.25, -0.2) is 0 Å². The number of primary amides is 1. The predicted octanol–water partition coefficient (Wildman–Crippen LogP) is 3.07. The first-order valence-electron chi connectivity index (χ1n) is 10.9. The predicted molar refractivity (Wildman–Crippen MR) is 117 cm³/mol. The molecule has 0 unspecified atom stereocenters. The molecule has 1 spiro atoms. The number of ether oxygens (including phenoxy) is 1. The highest BCUT2D eigenvalue weighted by Crippen LogP contribution is 2.50. The zero-order chi connectivity index (χ0) is 24.5. The van der Waals surface area contributed by atoms with E-state index in [-0.39, 0.29) is 12.0 Å². The normalized spacial score (nSPS) is 21.9. The molecule has 7 nitrogen and oxygen atoms in total. The molecule has 10 heteroatoms. The lowest BCUT2D eigenvalue weighted by molar-refractivity contribution is -0.138. The highest BCUT2D eigenvalue weighted by atomic mass is 19.4. The maximum atomic E-state index is 13.5. The molecule has 1 aliphatic carbocycles. The van der Waals surface area contributed by atoms with Crippen molar-refractivity contribution >= 4 is 23.4 Å². The summed E-state index contributed by atoms with van der Waals surface area (Å²) in [6.45, 7) is -1.93. The van der Waals surface area contributed by atoms with Crippen LogP contribution in [0.5, 0.6) is 5.75 Å². The SMILES string of the molecule is NC(=O)c1cccc(OC2CCC3(CC2)C(=O)N(CC(=O)NCC(F)(F)F)c2ccccc23)c1. The number of hydrogen-bond donors (Lipinski definition) is 2. The van der Waals surface area contributed by atoms with Crippen molar-refractivity contribution in [3.63, 3.8) is 0 Å². The van der Waals surface area contributed by atoms with Crippen LogP contribution in [0.3, 0.4) is 0 Å². The summed E-state index contributed by atoms with van der Waals surface area (Å²) in [4.78, 5) is 38.3. The molecule has 34 heavy (non-hydrogen) atoms. The second-order valence-electron chi connectivity index (χ2n) is 8.59. The molecule has 0 aromatic heterocycles. The molecule has 0 atom stereocenters. The van der Waals surface area contributed by atoms with Crippen molar-refractivity contribution in [2.45, 2.75) is 43.4 Å². The van der Waals surface area contributed by atoms with Crippen LogP contribution in [-0.4, -0.2) is 43.1 Å². The fraction of sp³-hybridized carbons (Fsp3) is 0.375. The molecule has 3 amide bonds. The van der Waals surface area contributed by atoms with Gasteiger partial charge >= 0.3 is 6.18 Å². The van der Waals surface area contributed by atoms with Gasteiger partial charge < -0.3 is 20.7 Å². The van der Waals surface area contributed by atoms with Gasteiger partial charge in [-0.1, -0.05) is 24.3 Å². The van der Waals surface area contributed by atoms with E-state index in [0.29, 0.717) is 42.7 Å². The number of nitrogens with one attached hydrogen (secondary N) is 1. The number of halogens is 3. The summed E-state index contributed by atoms with van der Waals surface area (Å²) < 4.78 is 43.4. The highest BCUT2D eigenvalue weighted by molar-refractivity contribution is 6.10. The minimum Gasteiger partial charge on any atom is -0.490 e. The molecule has 2 aliphatic rings. The van der Waals surface area contributed by atoms with Crippen LogP contribution in [0.15, 0.2) is 48.5 Å². The van der Waals surface area contributed by atoms with E-state index < -0.39 is 36.5 Å². The van der Waals surface area contributed by atoms with Crippen LogP contribution in [-0.2, 0) is 15.0 Å². The molecule has 1 aliphatic heterocycles. The number of hydrogen-bond acceptors (Lipinski definition) is 4. The Hall–Kier alpha value is -3.56. The lowest BCUT2D eigenvalue weighted by Gasteiger charge is -2.36. The smallest absolute Gasteiger partial charge is 0.405 e. The molecule has 0 saturated heterocycles. The van der Waals surface area contributed by atoms with Crippen molar-refractivity contribution in [1.82, 2.24) is 5.32 Å². The maximum Gasteiger partial charge on any atom is 0.405 e. The van der Waals surface area contributed by atoms with Crippen LogP contribution < -0.4 is 20.7 Å². The van der Waals surface area contributed by atoms with Crippen molar-refractivity contribution in [3.05, 3.63) is 59.7 Å². The molecule has 2 aromatic carbocycles. The number of benzene rings is 2. The highest BCUT2D eigenvalue weighted by Gasteiger charge is 2.52. The Balaban J connectivity index is 1.47. The Morgan fingerprint density at radius 2 is 1.82 bits per heavy atom. The third-order valence-corrected chi connectivity index (χ3v) is 6.36. The van der Waals surface area contributed by atoms with E-state index in [4.69, 9.17) is 10.5 Å². The minimum absolute atomic E-state index is 0.183. The van der Waals surface area contributed by atoms with Gasteiger partial charge in [-0.3, -0.25) is 14.4 Å². The molecule has 1 fully saturated rings. The van der Waals surface area contributed by atoms with E-state index in [0.717, 1.165) is 5.56 Å². The molecule has 2 aromatic rings. The van der Waals surface area contributed by atoms with E-state index in [2.05, 4.69) is 0 Å². The summed E-state index contributed by atoms with van der Waals surface area (Å²) in [5.41, 5.74) is 6.13. The van der Waals surface area contributed by atoms with Crippen LogP contribution in [0.2, 0.25) is 0 Å². The van der Waals surface area contributed by atoms with Gasteiger partial charge in [0.2, 0.25) is 17.7 Å². The van der Waals surface area contributed by atoms with Crippen LogP contribution in [0, 0.1) is 0 Å². The maximum absolute atomic E-state index is 13.5. The lowest BCUT2D eigenvalue weighted by Crippen LogP contribution is -2.48. The summed E-state index contributed by atoms with van der Waals surface area (Å²) >= 11 is 0. The molecular formula is C24H24F3N3O4. The first-order chi connectivity index (χ1) is 16.1. The second-order valence-corrected chi connectivity index (χ2v) is 8.59. The largest absolute Gasteiger partial charge is 0.490 e. The summed E-state index contributed by atoms with van der Waals surface area (Å²) in [7, 11) is 0. The topological polar surface area (TPSA) is 102 Å². The number of carbonyl (C=O) groups is 3. The summed E-state index contributed by atoms with van der Waals surface area (Å²) in [6.07, 6.45) is -2.69. The van der Waals surface area contributed by atoms with Crippen molar-refractivity contribution in [3.8, 4) is 5.75 Å². The number of fused-ring (bicyclic) bond motifs is 2. The monoisotopic (exact) mass is 475 g/mol. The Kier molecular flexibility index (Phi) is 6.24. The van der Waals surface area contributed by atoms with E-state index in [1.165, 1.54) is 4.90 Å². The first kappa shape index (κ1) is 23.6. The zero-order valence-corrected chi connectivity index (χ0v) is 18.2. The Morgan fingerprint density at radius 1 is 1.12 bits per heavy atom. The standard InChI is InChI=1S/C24H24F3N3O4/c25-24(26,27)14-29-20(31)13-30-19-7-2-1-6-18(19)23(22(30)33)10-8-16(9-11-23)34-17-5-3-4-15(12-17)21(28)32/h1-7,12,16H,8-11,13-14H2,(H2,28,32)(H,29,31). The quantitative estimate of drug-likeness (QED) is 0.671. The molecule has 0 radical (unpaired) electrons. The number of anilines is 1. The van der Waals surface area contributed by atoms with Gasteiger partial charge in [0, 0.05) is 11.3 Å². The Labute approximate surface area is 194 Å². The first-order valence-corrected chi connectivity index (χ1v) is 10.9. The molecule has 3 N–H and O–H groups in total. The third kappa shape index (κ3) is 4.71. The molecule has 1 saturated carbocycles. The van der Waals surface area contributed by atoms with Gasteiger partial charge in [0.15, 0.2) is 0 Å². The number of para-hydroxylation sites is 1. The van der Waals surface area contributed by atoms with Crippen LogP contribution in [0.1, 0.15) is 41.6 Å². The summed E-state index contributed by atoms with van der Waals surface area (Å²) in [6, 6.07) is 13.6. The van der Waals surface area contributed by atoms with E-state index in [1.807, 2.05) is 11.4 Å². The number of nitrogens with two attached hydrogens (primary N) is 1. The summed E-state index contributed by atoms with van der Waals surface area (Å²) in [5.74, 6) is -1.20. The number of rotatable bonds is 6. The van der Waals surface area contributed by atoms with Gasteiger partial charge in [-0.05, 0) is 55.5 Å². The average Bonchev–Trinajstić information content (AvgIpc) is 3.02. The third-order valence-electron chi connectivity index (χ3n) is 6.36. The van der Waals surface area contributed by atoms with Gasteiger partial charge in [-0.2, -0.15) is 13.2 Å². The van der Waals surface area contributed by atoms with Crippen LogP contribution >= 0.6 is 0 Å². The number of carbonyl (C=O) groups excluding carboxylic acids is 3. The summed E-state index contributed by atoms with van der Waals surface area (Å²) in [5, 5.41) is 1.83. The van der Waals surface area contributed by atoms with Crippen LogP contribution in [0.25, 0.3) is 0 Å². The van der Waals surface area contributed by atoms with Gasteiger partial charge in [0.05, 0.1) is 11.5 Å². The van der Waals surface area contributed by atoms with Gasteiger partial charge in [0.25, 0.3) is 0 Å². The fourth-order valence-corrected chi connectivity index (χ4v) is 4.75. The number of nitrogens with zero attached hydrogens (tertiary/aromatic N) is 1. The number of alkyl halides is 3.